The zero-order chi connectivity index (χ0) is 14.9. The van der Waals surface area contributed by atoms with Crippen molar-refractivity contribution in [1.82, 2.24) is 9.80 Å². The van der Waals surface area contributed by atoms with Crippen molar-refractivity contribution in [1.29, 1.82) is 0 Å². The van der Waals surface area contributed by atoms with Crippen LogP contribution in [0.5, 0.6) is 11.5 Å². The Kier molecular flexibility index (Phi) is 3.66. The van der Waals surface area contributed by atoms with E-state index in [2.05, 4.69) is 4.90 Å². The molecule has 2 fully saturated rings. The summed E-state index contributed by atoms with van der Waals surface area (Å²) in [5.41, 5.74) is 0. The van der Waals surface area contributed by atoms with Crippen LogP contribution in [0.4, 0.5) is 0 Å². The third-order valence-corrected chi connectivity index (χ3v) is 4.93. The van der Waals surface area contributed by atoms with Crippen molar-refractivity contribution >= 4 is 5.91 Å². The van der Waals surface area contributed by atoms with Crippen molar-refractivity contribution in [3.63, 3.8) is 0 Å². The molecule has 0 radical (unpaired) electrons. The Morgan fingerprint density at radius 3 is 2.86 bits per heavy atom. The molecule has 0 bridgehead atoms. The fourth-order valence-corrected chi connectivity index (χ4v) is 3.70. The van der Waals surface area contributed by atoms with Gasteiger partial charge in [0.15, 0.2) is 11.5 Å². The Morgan fingerprint density at radius 1 is 1.09 bits per heavy atom. The summed E-state index contributed by atoms with van der Waals surface area (Å²) in [5.74, 6) is 1.46. The van der Waals surface area contributed by atoms with Gasteiger partial charge in [-0.3, -0.25) is 9.69 Å². The largest absolute Gasteiger partial charge is 0.485 e. The first-order valence-corrected chi connectivity index (χ1v) is 8.22. The number of rotatable bonds is 1. The number of carbonyl (C=O) groups is 1. The summed E-state index contributed by atoms with van der Waals surface area (Å²) in [6, 6.07) is 8.07. The second kappa shape index (κ2) is 5.80. The van der Waals surface area contributed by atoms with Crippen molar-refractivity contribution in [3.8, 4) is 11.5 Å². The normalized spacial score (nSPS) is 28.1. The number of hydrogen-bond acceptors (Lipinski definition) is 4. The number of piperidine rings is 1. The number of nitrogens with zero attached hydrogens (tertiary/aromatic N) is 2. The van der Waals surface area contributed by atoms with Gasteiger partial charge < -0.3 is 14.4 Å². The highest BCUT2D eigenvalue weighted by atomic mass is 16.6. The van der Waals surface area contributed by atoms with Crippen molar-refractivity contribution in [2.45, 2.75) is 31.4 Å². The molecule has 22 heavy (non-hydrogen) atoms. The summed E-state index contributed by atoms with van der Waals surface area (Å²) >= 11 is 0. The van der Waals surface area contributed by atoms with E-state index in [9.17, 15) is 4.79 Å². The lowest BCUT2D eigenvalue weighted by molar-refractivity contribution is -0.144. The molecule has 118 valence electrons. The lowest BCUT2D eigenvalue weighted by atomic mass is 9.99. The molecule has 1 aromatic carbocycles. The number of benzene rings is 1. The maximum Gasteiger partial charge on any atom is 0.267 e. The average Bonchev–Trinajstić information content (AvgIpc) is 2.60. The standard InChI is InChI=1S/C17H22N2O3/c20-17(16-12-21-14-6-1-2-7-15(14)22-16)19-10-9-18-8-4-3-5-13(18)11-19/h1-2,6-7,13,16H,3-5,8-12H2/t13-,16-/m0/s1. The third kappa shape index (κ3) is 2.54. The molecule has 1 amide bonds. The Balaban J connectivity index is 1.42. The summed E-state index contributed by atoms with van der Waals surface area (Å²) in [5, 5.41) is 0. The van der Waals surface area contributed by atoms with E-state index in [4.69, 9.17) is 9.47 Å². The maximum absolute atomic E-state index is 12.7. The van der Waals surface area contributed by atoms with Crippen molar-refractivity contribution < 1.29 is 14.3 Å². The molecular formula is C17H22N2O3. The molecule has 3 heterocycles. The quantitative estimate of drug-likeness (QED) is 0.789. The Bertz CT molecular complexity index is 563. The molecule has 5 heteroatoms. The van der Waals surface area contributed by atoms with Crippen LogP contribution in [0, 0.1) is 0 Å². The SMILES string of the molecule is O=C([C@@H]1COc2ccccc2O1)N1CCN2CCCC[C@H]2C1. The molecule has 3 aliphatic rings. The zero-order valence-corrected chi connectivity index (χ0v) is 12.7. The molecule has 5 nitrogen and oxygen atoms in total. The van der Waals surface area contributed by atoms with Gasteiger partial charge in [-0.1, -0.05) is 18.6 Å². The van der Waals surface area contributed by atoms with Gasteiger partial charge in [-0.25, -0.2) is 0 Å². The van der Waals surface area contributed by atoms with E-state index >= 15 is 0 Å². The van der Waals surface area contributed by atoms with Crippen molar-refractivity contribution in [2.24, 2.45) is 0 Å². The number of fused-ring (bicyclic) bond motifs is 2. The minimum atomic E-state index is -0.509. The van der Waals surface area contributed by atoms with Crippen LogP contribution in [0.1, 0.15) is 19.3 Å². The molecule has 0 aliphatic carbocycles. The predicted octanol–water partition coefficient (Wildman–Crippen LogP) is 1.52. The van der Waals surface area contributed by atoms with Crippen molar-refractivity contribution in [2.75, 3.05) is 32.8 Å². The summed E-state index contributed by atoms with van der Waals surface area (Å²) < 4.78 is 11.5. The summed E-state index contributed by atoms with van der Waals surface area (Å²) in [4.78, 5) is 17.2. The van der Waals surface area contributed by atoms with Crippen LogP contribution >= 0.6 is 0 Å². The summed E-state index contributed by atoms with van der Waals surface area (Å²) in [6.07, 6.45) is 3.26. The summed E-state index contributed by atoms with van der Waals surface area (Å²) in [7, 11) is 0. The minimum Gasteiger partial charge on any atom is -0.485 e. The molecule has 1 aromatic rings. The van der Waals surface area contributed by atoms with Crippen LogP contribution in [0.2, 0.25) is 0 Å². The molecular weight excluding hydrogens is 280 g/mol. The highest BCUT2D eigenvalue weighted by molar-refractivity contribution is 5.82. The van der Waals surface area contributed by atoms with Crippen LogP contribution < -0.4 is 9.47 Å². The van der Waals surface area contributed by atoms with E-state index in [1.165, 1.54) is 25.8 Å². The molecule has 0 N–H and O–H groups in total. The number of para-hydroxylation sites is 2. The Labute approximate surface area is 130 Å². The first kappa shape index (κ1) is 13.9. The summed E-state index contributed by atoms with van der Waals surface area (Å²) in [6.45, 7) is 4.11. The van der Waals surface area contributed by atoms with Gasteiger partial charge in [-0.05, 0) is 31.5 Å². The van der Waals surface area contributed by atoms with Gasteiger partial charge >= 0.3 is 0 Å². The van der Waals surface area contributed by atoms with E-state index in [1.807, 2.05) is 29.2 Å². The average molecular weight is 302 g/mol. The maximum atomic E-state index is 12.7. The van der Waals surface area contributed by atoms with Gasteiger partial charge in [-0.15, -0.1) is 0 Å². The number of carbonyl (C=O) groups excluding carboxylic acids is 1. The predicted molar refractivity (Wildman–Crippen MR) is 82.1 cm³/mol. The second-order valence-electron chi connectivity index (χ2n) is 6.33. The molecule has 2 saturated heterocycles. The van der Waals surface area contributed by atoms with Crippen LogP contribution in [0.3, 0.4) is 0 Å². The smallest absolute Gasteiger partial charge is 0.267 e. The molecule has 3 aliphatic heterocycles. The van der Waals surface area contributed by atoms with E-state index < -0.39 is 6.10 Å². The van der Waals surface area contributed by atoms with Crippen LogP contribution in [-0.2, 0) is 4.79 Å². The third-order valence-electron chi connectivity index (χ3n) is 4.93. The molecule has 0 unspecified atom stereocenters. The second-order valence-corrected chi connectivity index (χ2v) is 6.33. The highest BCUT2D eigenvalue weighted by Gasteiger charge is 2.36. The van der Waals surface area contributed by atoms with Crippen LogP contribution in [-0.4, -0.2) is 60.6 Å². The van der Waals surface area contributed by atoms with E-state index in [0.717, 1.165) is 25.4 Å². The van der Waals surface area contributed by atoms with Crippen molar-refractivity contribution in [3.05, 3.63) is 24.3 Å². The number of hydrogen-bond donors (Lipinski definition) is 0. The molecule has 0 spiro atoms. The first-order valence-electron chi connectivity index (χ1n) is 8.22. The first-order chi connectivity index (χ1) is 10.8. The van der Waals surface area contributed by atoms with Crippen LogP contribution in [0.15, 0.2) is 24.3 Å². The van der Waals surface area contributed by atoms with E-state index in [1.54, 1.807) is 0 Å². The number of piperazine rings is 1. The highest BCUT2D eigenvalue weighted by Crippen LogP contribution is 2.31. The Morgan fingerprint density at radius 2 is 1.95 bits per heavy atom. The number of amides is 1. The van der Waals surface area contributed by atoms with Gasteiger partial charge in [0, 0.05) is 25.7 Å². The molecule has 0 aromatic heterocycles. The molecule has 2 atom stereocenters. The van der Waals surface area contributed by atoms with E-state index in [-0.39, 0.29) is 5.91 Å². The fourth-order valence-electron chi connectivity index (χ4n) is 3.70. The van der Waals surface area contributed by atoms with Gasteiger partial charge in [0.2, 0.25) is 6.10 Å². The number of ether oxygens (including phenoxy) is 2. The fraction of sp³-hybridized carbons (Fsp3) is 0.588. The molecule has 4 rings (SSSR count). The van der Waals surface area contributed by atoms with E-state index in [0.29, 0.717) is 18.4 Å². The van der Waals surface area contributed by atoms with Gasteiger partial charge in [0.25, 0.3) is 5.91 Å². The van der Waals surface area contributed by atoms with Gasteiger partial charge in [0.05, 0.1) is 0 Å². The lowest BCUT2D eigenvalue weighted by Gasteiger charge is -2.44. The monoisotopic (exact) mass is 302 g/mol. The Hall–Kier alpha value is -1.75. The topological polar surface area (TPSA) is 42.0 Å². The minimum absolute atomic E-state index is 0.0692. The van der Waals surface area contributed by atoms with Gasteiger partial charge in [0.1, 0.15) is 6.61 Å². The van der Waals surface area contributed by atoms with Gasteiger partial charge in [-0.2, -0.15) is 0 Å². The molecule has 0 saturated carbocycles. The lowest BCUT2D eigenvalue weighted by Crippen LogP contribution is -2.59. The van der Waals surface area contributed by atoms with Crippen LogP contribution in [0.25, 0.3) is 0 Å². The zero-order valence-electron chi connectivity index (χ0n) is 12.7.